The van der Waals surface area contributed by atoms with E-state index >= 15 is 0 Å². The van der Waals surface area contributed by atoms with E-state index in [9.17, 15) is 14.0 Å². The Morgan fingerprint density at radius 2 is 1.82 bits per heavy atom. The number of aromatic amines is 1. The number of hydrogen-bond acceptors (Lipinski definition) is 3. The summed E-state index contributed by atoms with van der Waals surface area (Å²) < 4.78 is 18.1. The quantitative estimate of drug-likeness (QED) is 0.634. The van der Waals surface area contributed by atoms with Gasteiger partial charge in [0.25, 0.3) is 0 Å². The van der Waals surface area contributed by atoms with Crippen molar-refractivity contribution in [3.8, 4) is 5.75 Å². The minimum atomic E-state index is -0.939. The summed E-state index contributed by atoms with van der Waals surface area (Å²) in [6.45, 7) is 0. The first-order valence-corrected chi connectivity index (χ1v) is 4.83. The van der Waals surface area contributed by atoms with Crippen molar-refractivity contribution < 1.29 is 13.9 Å². The fourth-order valence-corrected chi connectivity index (χ4v) is 1.25. The number of carbonyl (C=O) groups is 1. The molecule has 2 aromatic rings. The van der Waals surface area contributed by atoms with Gasteiger partial charge in [-0.05, 0) is 18.2 Å². The van der Waals surface area contributed by atoms with Crippen molar-refractivity contribution in [2.45, 2.75) is 0 Å². The molecule has 0 bridgehead atoms. The van der Waals surface area contributed by atoms with Gasteiger partial charge in [0, 0.05) is 6.07 Å². The lowest BCUT2D eigenvalue weighted by molar-refractivity contribution is 0.0723. The van der Waals surface area contributed by atoms with Crippen LogP contribution in [0.4, 0.5) is 4.39 Å². The molecular formula is C12H8FNO3. The molecule has 1 aromatic heterocycles. The molecule has 0 radical (unpaired) electrons. The highest BCUT2D eigenvalue weighted by Crippen LogP contribution is 2.11. The Morgan fingerprint density at radius 3 is 2.53 bits per heavy atom. The molecular weight excluding hydrogens is 225 g/mol. The van der Waals surface area contributed by atoms with Crippen LogP contribution in [-0.4, -0.2) is 11.0 Å². The number of halogens is 1. The van der Waals surface area contributed by atoms with Gasteiger partial charge in [-0.2, -0.15) is 0 Å². The van der Waals surface area contributed by atoms with Crippen LogP contribution < -0.4 is 10.3 Å². The first-order chi connectivity index (χ1) is 8.16. The predicted octanol–water partition coefficient (Wildman–Crippen LogP) is 1.73. The number of benzene rings is 1. The largest absolute Gasteiger partial charge is 0.422 e. The van der Waals surface area contributed by atoms with E-state index < -0.39 is 23.0 Å². The van der Waals surface area contributed by atoms with Gasteiger partial charge in [0.05, 0.1) is 0 Å². The van der Waals surface area contributed by atoms with Crippen LogP contribution in [0.15, 0.2) is 47.3 Å². The maximum atomic E-state index is 13.3. The Hall–Kier alpha value is -2.43. The zero-order valence-corrected chi connectivity index (χ0v) is 8.64. The van der Waals surface area contributed by atoms with Crippen molar-refractivity contribution >= 4 is 5.97 Å². The molecule has 0 unspecified atom stereocenters. The van der Waals surface area contributed by atoms with Crippen LogP contribution in [0.1, 0.15) is 10.5 Å². The fraction of sp³-hybridized carbons (Fsp3) is 0. The molecule has 0 saturated heterocycles. The summed E-state index contributed by atoms with van der Waals surface area (Å²) in [6.07, 6.45) is 0. The molecule has 2 rings (SSSR count). The Kier molecular flexibility index (Phi) is 3.00. The SMILES string of the molecule is O=C(Oc1ccccc1)c1[nH]c(=O)ccc1F. The van der Waals surface area contributed by atoms with Gasteiger partial charge in [-0.25, -0.2) is 9.18 Å². The summed E-state index contributed by atoms with van der Waals surface area (Å²) in [4.78, 5) is 24.6. The van der Waals surface area contributed by atoms with E-state index in [0.29, 0.717) is 0 Å². The molecule has 86 valence electrons. The molecule has 1 heterocycles. The van der Waals surface area contributed by atoms with Gasteiger partial charge in [0.15, 0.2) is 11.5 Å². The number of carbonyl (C=O) groups excluding carboxylic acids is 1. The highest BCUT2D eigenvalue weighted by Gasteiger charge is 2.14. The molecule has 0 fully saturated rings. The van der Waals surface area contributed by atoms with E-state index in [0.717, 1.165) is 12.1 Å². The summed E-state index contributed by atoms with van der Waals surface area (Å²) in [5, 5.41) is 0. The number of H-pyrrole nitrogens is 1. The van der Waals surface area contributed by atoms with Crippen LogP contribution in [0.25, 0.3) is 0 Å². The average molecular weight is 233 g/mol. The molecule has 0 saturated carbocycles. The second-order valence-electron chi connectivity index (χ2n) is 3.25. The van der Waals surface area contributed by atoms with Crippen LogP contribution in [0, 0.1) is 5.82 Å². The van der Waals surface area contributed by atoms with Gasteiger partial charge in [-0.15, -0.1) is 0 Å². The molecule has 4 nitrogen and oxygen atoms in total. The summed E-state index contributed by atoms with van der Waals surface area (Å²) in [6, 6.07) is 10.1. The maximum Gasteiger partial charge on any atom is 0.363 e. The second-order valence-corrected chi connectivity index (χ2v) is 3.25. The number of rotatable bonds is 2. The summed E-state index contributed by atoms with van der Waals surface area (Å²) in [5.41, 5.74) is -1.05. The molecule has 0 amide bonds. The molecule has 5 heteroatoms. The summed E-state index contributed by atoms with van der Waals surface area (Å²) in [5.74, 6) is -1.49. The van der Waals surface area contributed by atoms with E-state index in [-0.39, 0.29) is 5.75 Å². The molecule has 0 aliphatic carbocycles. The molecule has 0 aliphatic rings. The number of ether oxygens (including phenoxy) is 1. The number of aromatic nitrogens is 1. The molecule has 17 heavy (non-hydrogen) atoms. The first-order valence-electron chi connectivity index (χ1n) is 4.83. The molecule has 1 N–H and O–H groups in total. The van der Waals surface area contributed by atoms with Crippen molar-refractivity contribution in [3.63, 3.8) is 0 Å². The monoisotopic (exact) mass is 233 g/mol. The Bertz CT molecular complexity index is 592. The molecule has 0 atom stereocenters. The van der Waals surface area contributed by atoms with E-state index in [1.807, 2.05) is 0 Å². The van der Waals surface area contributed by atoms with Crippen molar-refractivity contribution in [3.05, 3.63) is 64.3 Å². The zero-order valence-electron chi connectivity index (χ0n) is 8.64. The van der Waals surface area contributed by atoms with Crippen LogP contribution in [0.2, 0.25) is 0 Å². The van der Waals surface area contributed by atoms with Crippen molar-refractivity contribution in [1.82, 2.24) is 4.98 Å². The minimum Gasteiger partial charge on any atom is -0.422 e. The molecule has 1 aromatic carbocycles. The van der Waals surface area contributed by atoms with E-state index in [1.54, 1.807) is 30.3 Å². The number of esters is 1. The normalized spacial score (nSPS) is 9.94. The highest BCUT2D eigenvalue weighted by atomic mass is 19.1. The van der Waals surface area contributed by atoms with Crippen LogP contribution in [-0.2, 0) is 0 Å². The Balaban J connectivity index is 2.26. The number of para-hydroxylation sites is 1. The van der Waals surface area contributed by atoms with Crippen molar-refractivity contribution in [2.75, 3.05) is 0 Å². The van der Waals surface area contributed by atoms with Gasteiger partial charge in [0.2, 0.25) is 5.56 Å². The zero-order chi connectivity index (χ0) is 12.3. The van der Waals surface area contributed by atoms with E-state index in [2.05, 4.69) is 4.98 Å². The van der Waals surface area contributed by atoms with Crippen LogP contribution in [0.5, 0.6) is 5.75 Å². The minimum absolute atomic E-state index is 0.279. The van der Waals surface area contributed by atoms with Gasteiger partial charge in [0.1, 0.15) is 5.75 Å². The second kappa shape index (κ2) is 4.61. The first kappa shape index (κ1) is 11.1. The smallest absolute Gasteiger partial charge is 0.363 e. The molecule has 0 aliphatic heterocycles. The van der Waals surface area contributed by atoms with E-state index in [4.69, 9.17) is 4.74 Å². The molecule has 0 spiro atoms. The third-order valence-corrected chi connectivity index (χ3v) is 2.03. The van der Waals surface area contributed by atoms with Gasteiger partial charge in [-0.3, -0.25) is 4.79 Å². The van der Waals surface area contributed by atoms with Crippen LogP contribution in [0.3, 0.4) is 0 Å². The standard InChI is InChI=1S/C12H8FNO3/c13-9-6-7-10(15)14-11(9)12(16)17-8-4-2-1-3-5-8/h1-7H,(H,14,15). The lowest BCUT2D eigenvalue weighted by atomic mass is 10.3. The summed E-state index contributed by atoms with van der Waals surface area (Å²) in [7, 11) is 0. The van der Waals surface area contributed by atoms with Crippen LogP contribution >= 0.6 is 0 Å². The Labute approximate surface area is 95.7 Å². The topological polar surface area (TPSA) is 59.2 Å². The number of pyridine rings is 1. The lowest BCUT2D eigenvalue weighted by Crippen LogP contribution is -2.18. The fourth-order valence-electron chi connectivity index (χ4n) is 1.25. The predicted molar refractivity (Wildman–Crippen MR) is 58.4 cm³/mol. The van der Waals surface area contributed by atoms with Gasteiger partial charge >= 0.3 is 5.97 Å². The average Bonchev–Trinajstić information content (AvgIpc) is 2.33. The maximum absolute atomic E-state index is 13.3. The van der Waals surface area contributed by atoms with E-state index in [1.165, 1.54) is 0 Å². The van der Waals surface area contributed by atoms with Gasteiger partial charge in [-0.1, -0.05) is 18.2 Å². The third kappa shape index (κ3) is 2.57. The summed E-state index contributed by atoms with van der Waals surface area (Å²) >= 11 is 0. The number of nitrogens with one attached hydrogen (secondary N) is 1. The number of hydrogen-bond donors (Lipinski definition) is 1. The van der Waals surface area contributed by atoms with Crippen molar-refractivity contribution in [1.29, 1.82) is 0 Å². The Morgan fingerprint density at radius 1 is 1.12 bits per heavy atom. The third-order valence-electron chi connectivity index (χ3n) is 2.03. The highest BCUT2D eigenvalue weighted by molar-refractivity contribution is 5.89. The lowest BCUT2D eigenvalue weighted by Gasteiger charge is -2.04. The van der Waals surface area contributed by atoms with Crippen molar-refractivity contribution in [2.24, 2.45) is 0 Å². The van der Waals surface area contributed by atoms with Gasteiger partial charge < -0.3 is 9.72 Å².